The number of amidine groups is 1. The summed E-state index contributed by atoms with van der Waals surface area (Å²) in [7, 11) is 0. The van der Waals surface area contributed by atoms with E-state index in [-0.39, 0.29) is 0 Å². The van der Waals surface area contributed by atoms with Crippen LogP contribution in [0, 0.1) is 16.7 Å². The van der Waals surface area contributed by atoms with Gasteiger partial charge in [0.25, 0.3) is 0 Å². The smallest absolute Gasteiger partial charge is 0.157 e. The molecular weight excluding hydrogens is 252 g/mol. The van der Waals surface area contributed by atoms with Gasteiger partial charge >= 0.3 is 0 Å². The molecule has 0 aromatic heterocycles. The Labute approximate surface area is 123 Å². The molecule has 19 heavy (non-hydrogen) atoms. The van der Waals surface area contributed by atoms with E-state index in [1.54, 1.807) is 0 Å². The molecule has 1 fully saturated rings. The van der Waals surface area contributed by atoms with Crippen LogP contribution in [0.4, 0.5) is 0 Å². The monoisotopic (exact) mass is 282 g/mol. The Morgan fingerprint density at radius 2 is 1.74 bits per heavy atom. The minimum Gasteiger partial charge on any atom is -0.362 e. The molecule has 0 aromatic rings. The molecule has 1 atom stereocenters. The minimum atomic E-state index is 0.445. The van der Waals surface area contributed by atoms with E-state index in [2.05, 4.69) is 46.9 Å². The third kappa shape index (κ3) is 4.14. The lowest BCUT2D eigenvalue weighted by Gasteiger charge is -2.45. The van der Waals surface area contributed by atoms with Gasteiger partial charge in [-0.05, 0) is 36.0 Å². The van der Waals surface area contributed by atoms with Crippen LogP contribution in [0.15, 0.2) is 4.99 Å². The van der Waals surface area contributed by atoms with Crippen molar-refractivity contribution in [3.05, 3.63) is 0 Å². The second kappa shape index (κ2) is 5.31. The largest absolute Gasteiger partial charge is 0.362 e. The summed E-state index contributed by atoms with van der Waals surface area (Å²) >= 11 is 1.91. The van der Waals surface area contributed by atoms with E-state index in [1.165, 1.54) is 24.4 Å². The van der Waals surface area contributed by atoms with Gasteiger partial charge in [-0.15, -0.1) is 0 Å². The highest BCUT2D eigenvalue weighted by Gasteiger charge is 2.39. The Morgan fingerprint density at radius 1 is 1.16 bits per heavy atom. The minimum absolute atomic E-state index is 0.445. The summed E-state index contributed by atoms with van der Waals surface area (Å²) in [6.07, 6.45) is 3.86. The summed E-state index contributed by atoms with van der Waals surface area (Å²) in [5.41, 5.74) is 0.890. The topological polar surface area (TPSA) is 24.4 Å². The van der Waals surface area contributed by atoms with Crippen molar-refractivity contribution in [2.24, 2.45) is 21.7 Å². The summed E-state index contributed by atoms with van der Waals surface area (Å²) < 4.78 is 0. The SMILES string of the molecule is CC(C)[C@H]1CSC(NC2CC(C)(C)CC(C)(C)C2)=N1. The normalized spacial score (nSPS) is 30.5. The molecule has 110 valence electrons. The molecule has 2 aliphatic rings. The molecule has 0 bridgehead atoms. The third-order valence-corrected chi connectivity index (χ3v) is 5.33. The molecule has 2 nitrogen and oxygen atoms in total. The van der Waals surface area contributed by atoms with Gasteiger partial charge in [0, 0.05) is 11.8 Å². The van der Waals surface area contributed by atoms with Gasteiger partial charge in [-0.25, -0.2) is 0 Å². The fourth-order valence-corrected chi connectivity index (χ4v) is 5.18. The maximum Gasteiger partial charge on any atom is 0.157 e. The number of rotatable bonds is 2. The van der Waals surface area contributed by atoms with Crippen LogP contribution < -0.4 is 5.32 Å². The molecular formula is C16H30N2S. The van der Waals surface area contributed by atoms with Gasteiger partial charge in [-0.3, -0.25) is 4.99 Å². The van der Waals surface area contributed by atoms with Crippen LogP contribution in [0.25, 0.3) is 0 Å². The van der Waals surface area contributed by atoms with Gasteiger partial charge in [0.1, 0.15) is 0 Å². The van der Waals surface area contributed by atoms with Crippen LogP contribution in [0.1, 0.15) is 60.8 Å². The Balaban J connectivity index is 1.98. The first-order chi connectivity index (χ1) is 8.67. The first-order valence-corrected chi connectivity index (χ1v) is 8.63. The Bertz CT molecular complexity index is 342. The quantitative estimate of drug-likeness (QED) is 0.816. The average molecular weight is 282 g/mol. The summed E-state index contributed by atoms with van der Waals surface area (Å²) in [5, 5.41) is 4.92. The van der Waals surface area contributed by atoms with Gasteiger partial charge < -0.3 is 5.32 Å². The maximum atomic E-state index is 4.85. The van der Waals surface area contributed by atoms with Crippen molar-refractivity contribution in [1.82, 2.24) is 5.32 Å². The molecule has 0 saturated heterocycles. The van der Waals surface area contributed by atoms with Crippen LogP contribution in [0.5, 0.6) is 0 Å². The van der Waals surface area contributed by atoms with Gasteiger partial charge in [-0.1, -0.05) is 53.3 Å². The summed E-state index contributed by atoms with van der Waals surface area (Å²) in [4.78, 5) is 4.85. The van der Waals surface area contributed by atoms with E-state index in [9.17, 15) is 0 Å². The zero-order valence-electron chi connectivity index (χ0n) is 13.4. The molecule has 1 saturated carbocycles. The number of hydrogen-bond acceptors (Lipinski definition) is 3. The lowest BCUT2D eigenvalue weighted by atomic mass is 9.63. The second-order valence-electron chi connectivity index (χ2n) is 8.31. The van der Waals surface area contributed by atoms with Gasteiger partial charge in [0.15, 0.2) is 5.17 Å². The predicted octanol–water partition coefficient (Wildman–Crippen LogP) is 4.31. The zero-order chi connectivity index (χ0) is 14.3. The van der Waals surface area contributed by atoms with E-state index in [1.807, 2.05) is 11.8 Å². The first-order valence-electron chi connectivity index (χ1n) is 7.64. The molecule has 3 heteroatoms. The molecule has 0 aromatic carbocycles. The number of nitrogens with one attached hydrogen (secondary N) is 1. The predicted molar refractivity (Wildman–Crippen MR) is 86.9 cm³/mol. The van der Waals surface area contributed by atoms with Crippen molar-refractivity contribution < 1.29 is 0 Å². The molecule has 0 spiro atoms. The summed E-state index contributed by atoms with van der Waals surface area (Å²) in [6.45, 7) is 14.2. The van der Waals surface area contributed by atoms with E-state index in [0.717, 1.165) is 5.75 Å². The fourth-order valence-electron chi connectivity index (χ4n) is 3.93. The lowest BCUT2D eigenvalue weighted by molar-refractivity contribution is 0.0925. The standard InChI is InChI=1S/C16H30N2S/c1-11(2)13-9-19-14(18-13)17-12-7-15(3,4)10-16(5,6)8-12/h11-13H,7-10H2,1-6H3,(H,17,18)/t13-/m1/s1. The molecule has 1 aliphatic heterocycles. The zero-order valence-corrected chi connectivity index (χ0v) is 14.2. The number of hydrogen-bond donors (Lipinski definition) is 1. The highest BCUT2D eigenvalue weighted by Crippen LogP contribution is 2.45. The molecule has 1 N–H and O–H groups in total. The summed E-state index contributed by atoms with van der Waals surface area (Å²) in [6, 6.07) is 1.10. The fraction of sp³-hybridized carbons (Fsp3) is 0.938. The first kappa shape index (κ1) is 15.2. The Morgan fingerprint density at radius 3 is 2.21 bits per heavy atom. The van der Waals surface area contributed by atoms with Crippen LogP contribution in [-0.2, 0) is 0 Å². The van der Waals surface area contributed by atoms with Gasteiger partial charge in [0.05, 0.1) is 6.04 Å². The van der Waals surface area contributed by atoms with Crippen molar-refractivity contribution in [2.75, 3.05) is 5.75 Å². The Kier molecular flexibility index (Phi) is 4.25. The highest BCUT2D eigenvalue weighted by molar-refractivity contribution is 8.14. The van der Waals surface area contributed by atoms with Crippen molar-refractivity contribution in [2.45, 2.75) is 72.9 Å². The van der Waals surface area contributed by atoms with Crippen LogP contribution in [0.2, 0.25) is 0 Å². The van der Waals surface area contributed by atoms with E-state index >= 15 is 0 Å². The van der Waals surface area contributed by atoms with Crippen molar-refractivity contribution in [1.29, 1.82) is 0 Å². The van der Waals surface area contributed by atoms with Gasteiger partial charge in [-0.2, -0.15) is 0 Å². The molecule has 1 heterocycles. The van der Waals surface area contributed by atoms with E-state index in [4.69, 9.17) is 4.99 Å². The van der Waals surface area contributed by atoms with Gasteiger partial charge in [0.2, 0.25) is 0 Å². The van der Waals surface area contributed by atoms with Crippen LogP contribution in [-0.4, -0.2) is 23.0 Å². The number of thioether (sulfide) groups is 1. The summed E-state index contributed by atoms with van der Waals surface area (Å²) in [5.74, 6) is 1.81. The van der Waals surface area contributed by atoms with Crippen molar-refractivity contribution >= 4 is 16.9 Å². The van der Waals surface area contributed by atoms with Crippen LogP contribution in [0.3, 0.4) is 0 Å². The highest BCUT2D eigenvalue weighted by atomic mass is 32.2. The van der Waals surface area contributed by atoms with E-state index in [0.29, 0.717) is 28.8 Å². The third-order valence-electron chi connectivity index (χ3n) is 4.33. The number of aliphatic imine (C=N–C) groups is 1. The molecule has 0 radical (unpaired) electrons. The maximum absolute atomic E-state index is 4.85. The van der Waals surface area contributed by atoms with Crippen molar-refractivity contribution in [3.63, 3.8) is 0 Å². The molecule has 2 rings (SSSR count). The molecule has 1 aliphatic carbocycles. The van der Waals surface area contributed by atoms with Crippen molar-refractivity contribution in [3.8, 4) is 0 Å². The van der Waals surface area contributed by atoms with E-state index < -0.39 is 0 Å². The number of nitrogens with zero attached hydrogens (tertiary/aromatic N) is 1. The Hall–Kier alpha value is -0.180. The molecule has 0 amide bonds. The second-order valence-corrected chi connectivity index (χ2v) is 9.32. The van der Waals surface area contributed by atoms with Crippen LogP contribution >= 0.6 is 11.8 Å². The lowest BCUT2D eigenvalue weighted by Crippen LogP contribution is -2.45. The molecule has 0 unspecified atom stereocenters. The average Bonchev–Trinajstić information content (AvgIpc) is 2.60.